The van der Waals surface area contributed by atoms with Crippen molar-refractivity contribution in [3.8, 4) is 5.75 Å². The third-order valence-electron chi connectivity index (χ3n) is 3.11. The van der Waals surface area contributed by atoms with E-state index in [2.05, 4.69) is 22.1 Å². The molecule has 1 saturated heterocycles. The Morgan fingerprint density at radius 1 is 1.56 bits per heavy atom. The van der Waals surface area contributed by atoms with Gasteiger partial charge in [0, 0.05) is 13.1 Å². The quantitative estimate of drug-likeness (QED) is 0.842. The monoisotopic (exact) mass is 251 g/mol. The average Bonchev–Trinajstić information content (AvgIpc) is 2.45. The van der Waals surface area contributed by atoms with E-state index in [1.807, 2.05) is 12.1 Å². The van der Waals surface area contributed by atoms with Gasteiger partial charge in [0.05, 0.1) is 32.6 Å². The molecule has 100 valence electrons. The van der Waals surface area contributed by atoms with Gasteiger partial charge in [-0.2, -0.15) is 0 Å². The molecule has 0 spiro atoms. The number of hydrogen-bond acceptors (Lipinski definition) is 5. The molecular formula is C13H21N3O2. The van der Waals surface area contributed by atoms with Gasteiger partial charge in [0.2, 0.25) is 0 Å². The van der Waals surface area contributed by atoms with E-state index in [0.717, 1.165) is 44.4 Å². The summed E-state index contributed by atoms with van der Waals surface area (Å²) in [5, 5.41) is 3.37. The normalized spacial score (nSPS) is 19.9. The molecule has 0 aliphatic carbocycles. The first-order valence-electron chi connectivity index (χ1n) is 6.40. The fraction of sp³-hybridized carbons (Fsp3) is 0.615. The van der Waals surface area contributed by atoms with Crippen molar-refractivity contribution in [2.45, 2.75) is 13.0 Å². The topological polar surface area (TPSA) is 46.6 Å². The lowest BCUT2D eigenvalue weighted by Crippen LogP contribution is -2.50. The molecule has 1 aliphatic rings. The maximum Gasteiger partial charge on any atom is 0.137 e. The molecule has 1 N–H and O–H groups in total. The second-order valence-corrected chi connectivity index (χ2v) is 4.29. The van der Waals surface area contributed by atoms with Gasteiger partial charge < -0.3 is 19.7 Å². The molecule has 1 aliphatic heterocycles. The maximum atomic E-state index is 5.54. The third kappa shape index (κ3) is 3.11. The number of hydrogen-bond donors (Lipinski definition) is 1. The highest BCUT2D eigenvalue weighted by atomic mass is 16.5. The molecule has 2 heterocycles. The van der Waals surface area contributed by atoms with Crippen molar-refractivity contribution in [2.75, 3.05) is 44.9 Å². The highest BCUT2D eigenvalue weighted by Gasteiger charge is 2.23. The van der Waals surface area contributed by atoms with Crippen LogP contribution in [0.4, 0.5) is 5.82 Å². The van der Waals surface area contributed by atoms with E-state index in [-0.39, 0.29) is 0 Å². The first-order valence-corrected chi connectivity index (χ1v) is 6.40. The summed E-state index contributed by atoms with van der Waals surface area (Å²) < 4.78 is 10.7. The number of ether oxygens (including phenoxy) is 2. The van der Waals surface area contributed by atoms with Crippen molar-refractivity contribution < 1.29 is 9.47 Å². The molecule has 0 radical (unpaired) electrons. The minimum atomic E-state index is 0.347. The average molecular weight is 251 g/mol. The molecule has 18 heavy (non-hydrogen) atoms. The fourth-order valence-electron chi connectivity index (χ4n) is 2.10. The van der Waals surface area contributed by atoms with E-state index in [1.54, 1.807) is 13.3 Å². The number of nitrogens with zero attached hydrogens (tertiary/aromatic N) is 2. The molecule has 0 aromatic carbocycles. The first kappa shape index (κ1) is 13.1. The van der Waals surface area contributed by atoms with Gasteiger partial charge in [-0.25, -0.2) is 4.98 Å². The van der Waals surface area contributed by atoms with Gasteiger partial charge in [-0.15, -0.1) is 0 Å². The van der Waals surface area contributed by atoms with Crippen LogP contribution >= 0.6 is 0 Å². The lowest BCUT2D eigenvalue weighted by Gasteiger charge is -2.36. The summed E-state index contributed by atoms with van der Waals surface area (Å²) in [4.78, 5) is 6.75. The van der Waals surface area contributed by atoms with Gasteiger partial charge in [0.25, 0.3) is 0 Å². The van der Waals surface area contributed by atoms with Crippen LogP contribution in [0.1, 0.15) is 6.92 Å². The number of pyridine rings is 1. The van der Waals surface area contributed by atoms with E-state index in [4.69, 9.17) is 9.47 Å². The molecule has 0 amide bonds. The van der Waals surface area contributed by atoms with Crippen molar-refractivity contribution >= 4 is 5.82 Å². The van der Waals surface area contributed by atoms with E-state index in [0.29, 0.717) is 6.04 Å². The number of anilines is 1. The van der Waals surface area contributed by atoms with Gasteiger partial charge in [-0.05, 0) is 18.7 Å². The number of morpholine rings is 1. The largest absolute Gasteiger partial charge is 0.495 e. The Kier molecular flexibility index (Phi) is 4.78. The summed E-state index contributed by atoms with van der Waals surface area (Å²) >= 11 is 0. The van der Waals surface area contributed by atoms with Crippen LogP contribution in [0.2, 0.25) is 0 Å². The van der Waals surface area contributed by atoms with Crippen molar-refractivity contribution in [1.82, 2.24) is 10.3 Å². The number of rotatable bonds is 5. The molecule has 1 unspecified atom stereocenters. The molecule has 5 heteroatoms. The summed E-state index contributed by atoms with van der Waals surface area (Å²) in [6, 6.07) is 4.30. The van der Waals surface area contributed by atoms with Gasteiger partial charge in [-0.1, -0.05) is 6.92 Å². The van der Waals surface area contributed by atoms with Crippen LogP contribution in [0.3, 0.4) is 0 Å². The van der Waals surface area contributed by atoms with Crippen molar-refractivity contribution in [1.29, 1.82) is 0 Å². The Bertz CT molecular complexity index is 356. The van der Waals surface area contributed by atoms with Crippen molar-refractivity contribution in [3.05, 3.63) is 18.3 Å². The van der Waals surface area contributed by atoms with Crippen LogP contribution in [0.15, 0.2) is 18.3 Å². The predicted molar refractivity (Wildman–Crippen MR) is 71.3 cm³/mol. The molecule has 5 nitrogen and oxygen atoms in total. The summed E-state index contributed by atoms with van der Waals surface area (Å²) in [6.45, 7) is 6.40. The molecule has 0 bridgehead atoms. The Balaban J connectivity index is 2.06. The zero-order chi connectivity index (χ0) is 12.8. The standard InChI is InChI=1S/C13H21N3O2/c1-3-14-8-11-10-18-7-6-16(11)13-5-4-12(17-2)9-15-13/h4-5,9,11,14H,3,6-8,10H2,1-2H3. The third-order valence-corrected chi connectivity index (χ3v) is 3.11. The van der Waals surface area contributed by atoms with Crippen molar-refractivity contribution in [2.24, 2.45) is 0 Å². The zero-order valence-electron chi connectivity index (χ0n) is 11.1. The van der Waals surface area contributed by atoms with E-state index in [9.17, 15) is 0 Å². The minimum absolute atomic E-state index is 0.347. The Morgan fingerprint density at radius 3 is 3.11 bits per heavy atom. The lowest BCUT2D eigenvalue weighted by molar-refractivity contribution is 0.0935. The predicted octanol–water partition coefficient (Wildman–Crippen LogP) is 0.905. The van der Waals surface area contributed by atoms with E-state index in [1.165, 1.54) is 0 Å². The molecule has 1 atom stereocenters. The van der Waals surface area contributed by atoms with Crippen LogP contribution < -0.4 is 15.0 Å². The number of likely N-dealkylation sites (N-methyl/N-ethyl adjacent to an activating group) is 1. The highest BCUT2D eigenvalue weighted by Crippen LogP contribution is 2.19. The molecule has 0 saturated carbocycles. The second kappa shape index (κ2) is 6.56. The van der Waals surface area contributed by atoms with Gasteiger partial charge in [-0.3, -0.25) is 0 Å². The summed E-state index contributed by atoms with van der Waals surface area (Å²) in [5.41, 5.74) is 0. The molecule has 1 fully saturated rings. The van der Waals surface area contributed by atoms with Gasteiger partial charge >= 0.3 is 0 Å². The van der Waals surface area contributed by atoms with Gasteiger partial charge in [0.1, 0.15) is 11.6 Å². The van der Waals surface area contributed by atoms with E-state index < -0.39 is 0 Å². The number of nitrogens with one attached hydrogen (secondary N) is 1. The Hall–Kier alpha value is -1.33. The van der Waals surface area contributed by atoms with Crippen LogP contribution in [-0.2, 0) is 4.74 Å². The van der Waals surface area contributed by atoms with Crippen LogP contribution in [0.5, 0.6) is 5.75 Å². The Labute approximate surface area is 108 Å². The first-order chi connectivity index (χ1) is 8.85. The van der Waals surface area contributed by atoms with Crippen LogP contribution in [-0.4, -0.2) is 51.0 Å². The molecule has 1 aromatic rings. The Morgan fingerprint density at radius 2 is 2.44 bits per heavy atom. The van der Waals surface area contributed by atoms with Crippen LogP contribution in [0, 0.1) is 0 Å². The van der Waals surface area contributed by atoms with Gasteiger partial charge in [0.15, 0.2) is 0 Å². The van der Waals surface area contributed by atoms with E-state index >= 15 is 0 Å². The number of aromatic nitrogens is 1. The SMILES string of the molecule is CCNCC1COCCN1c1ccc(OC)cn1. The molecule has 2 rings (SSSR count). The number of methoxy groups -OCH3 is 1. The molecule has 1 aromatic heterocycles. The highest BCUT2D eigenvalue weighted by molar-refractivity contribution is 5.42. The second-order valence-electron chi connectivity index (χ2n) is 4.29. The summed E-state index contributed by atoms with van der Waals surface area (Å²) in [5.74, 6) is 1.78. The summed E-state index contributed by atoms with van der Waals surface area (Å²) in [7, 11) is 1.65. The lowest BCUT2D eigenvalue weighted by atomic mass is 10.2. The maximum absolute atomic E-state index is 5.54. The van der Waals surface area contributed by atoms with Crippen molar-refractivity contribution in [3.63, 3.8) is 0 Å². The zero-order valence-corrected chi connectivity index (χ0v) is 11.1. The summed E-state index contributed by atoms with van der Waals surface area (Å²) in [6.07, 6.45) is 1.76. The molecular weight excluding hydrogens is 230 g/mol. The van der Waals surface area contributed by atoms with Crippen LogP contribution in [0.25, 0.3) is 0 Å². The fourth-order valence-corrected chi connectivity index (χ4v) is 2.10. The minimum Gasteiger partial charge on any atom is -0.495 e. The smallest absolute Gasteiger partial charge is 0.137 e.